The zero-order valence-electron chi connectivity index (χ0n) is 26.0. The molecule has 0 aromatic heterocycles. The van der Waals surface area contributed by atoms with Crippen molar-refractivity contribution in [2.45, 2.75) is 135 Å². The molecule has 0 aromatic rings. The lowest BCUT2D eigenvalue weighted by Crippen LogP contribution is -2.59. The van der Waals surface area contributed by atoms with Crippen LogP contribution < -0.4 is 0 Å². The Balaban J connectivity index is 1.16. The second kappa shape index (κ2) is 12.6. The van der Waals surface area contributed by atoms with Gasteiger partial charge in [-0.3, -0.25) is 4.79 Å². The van der Waals surface area contributed by atoms with Gasteiger partial charge in [0.25, 0.3) is 0 Å². The Morgan fingerprint density at radius 1 is 0.905 bits per heavy atom. The first-order chi connectivity index (χ1) is 19.8. The Hall–Kier alpha value is -0.650. The molecule has 9 nitrogen and oxygen atoms in total. The van der Waals surface area contributed by atoms with Crippen molar-refractivity contribution < 1.29 is 44.9 Å². The lowest BCUT2D eigenvalue weighted by atomic mass is 9.44. The molecule has 4 saturated carbocycles. The number of aliphatic hydroxyl groups excluding tert-OH is 6. The first-order valence-corrected chi connectivity index (χ1v) is 16.6. The number of rotatable bonds is 9. The zero-order valence-corrected chi connectivity index (χ0v) is 26.0. The van der Waals surface area contributed by atoms with Gasteiger partial charge in [0.1, 0.15) is 30.2 Å². The Kier molecular flexibility index (Phi) is 9.84. The van der Waals surface area contributed by atoms with Crippen LogP contribution in [0, 0.1) is 52.3 Å². The highest BCUT2D eigenvalue weighted by Crippen LogP contribution is 2.68. The number of ketones is 1. The molecule has 5 aliphatic rings. The fraction of sp³-hybridized carbons (Fsp3) is 0.970. The summed E-state index contributed by atoms with van der Waals surface area (Å²) < 4.78 is 11.1. The highest BCUT2D eigenvalue weighted by atomic mass is 16.7. The second-order valence-electron chi connectivity index (χ2n) is 15.4. The summed E-state index contributed by atoms with van der Waals surface area (Å²) in [6.07, 6.45) is 2.06. The van der Waals surface area contributed by atoms with Crippen molar-refractivity contribution in [1.29, 1.82) is 0 Å². The Labute approximate surface area is 251 Å². The van der Waals surface area contributed by atoms with Crippen LogP contribution in [-0.4, -0.2) is 92.5 Å². The van der Waals surface area contributed by atoms with Crippen molar-refractivity contribution in [2.75, 3.05) is 13.2 Å². The van der Waals surface area contributed by atoms with Crippen LogP contribution >= 0.6 is 0 Å². The van der Waals surface area contributed by atoms with Crippen molar-refractivity contribution in [1.82, 2.24) is 0 Å². The van der Waals surface area contributed by atoms with Crippen LogP contribution in [-0.2, 0) is 14.3 Å². The number of carbonyl (C=O) groups is 1. The van der Waals surface area contributed by atoms with Gasteiger partial charge in [0.15, 0.2) is 6.29 Å². The summed E-state index contributed by atoms with van der Waals surface area (Å²) in [6.45, 7) is 8.45. The van der Waals surface area contributed by atoms with E-state index in [4.69, 9.17) is 9.47 Å². The molecule has 42 heavy (non-hydrogen) atoms. The minimum absolute atomic E-state index is 0.0225. The van der Waals surface area contributed by atoms with Crippen LogP contribution in [0.15, 0.2) is 0 Å². The normalized spacial score (nSPS) is 50.3. The summed E-state index contributed by atoms with van der Waals surface area (Å²) in [4.78, 5) is 13.5. The number of carbonyl (C=O) groups excluding carboxylic acids is 1. The van der Waals surface area contributed by atoms with Crippen LogP contribution in [0.2, 0.25) is 0 Å². The fourth-order valence-electron chi connectivity index (χ4n) is 10.6. The summed E-state index contributed by atoms with van der Waals surface area (Å²) in [7, 11) is 0. The third-order valence-corrected chi connectivity index (χ3v) is 13.1. The second-order valence-corrected chi connectivity index (χ2v) is 15.4. The van der Waals surface area contributed by atoms with E-state index in [1.165, 1.54) is 12.8 Å². The lowest BCUT2D eigenvalue weighted by molar-refractivity contribution is -0.303. The van der Waals surface area contributed by atoms with E-state index >= 15 is 0 Å². The van der Waals surface area contributed by atoms with Gasteiger partial charge in [-0.15, -0.1) is 0 Å². The van der Waals surface area contributed by atoms with E-state index in [9.17, 15) is 35.4 Å². The monoisotopic (exact) mass is 596 g/mol. The van der Waals surface area contributed by atoms with Gasteiger partial charge in [0.2, 0.25) is 0 Å². The number of hydrogen-bond donors (Lipinski definition) is 6. The number of hydrogen-bond acceptors (Lipinski definition) is 9. The van der Waals surface area contributed by atoms with E-state index in [1.54, 1.807) is 0 Å². The molecular weight excluding hydrogens is 540 g/mol. The van der Waals surface area contributed by atoms with E-state index in [1.807, 2.05) is 13.8 Å². The van der Waals surface area contributed by atoms with Gasteiger partial charge < -0.3 is 40.1 Å². The fourth-order valence-corrected chi connectivity index (χ4v) is 10.6. The number of ether oxygens (including phenoxy) is 2. The SMILES string of the molecule is CC(CCC(=O)C(C)C1C(O)CC2C3CCC4CC(O)CCC4(C)C3CCC21C)COC1OC(CO)C(O)C(O)C1O. The molecule has 5 rings (SSSR count). The molecule has 0 bridgehead atoms. The molecule has 1 saturated heterocycles. The van der Waals surface area contributed by atoms with Gasteiger partial charge in [0.05, 0.1) is 25.4 Å². The average Bonchev–Trinajstić information content (AvgIpc) is 3.24. The Morgan fingerprint density at radius 2 is 1.62 bits per heavy atom. The molecule has 0 aromatic carbocycles. The van der Waals surface area contributed by atoms with Gasteiger partial charge in [-0.05, 0) is 104 Å². The van der Waals surface area contributed by atoms with Crippen molar-refractivity contribution >= 4 is 5.78 Å². The molecule has 0 radical (unpaired) electrons. The summed E-state index contributed by atoms with van der Waals surface area (Å²) in [6, 6.07) is 0. The van der Waals surface area contributed by atoms with Gasteiger partial charge in [-0.1, -0.05) is 27.7 Å². The average molecular weight is 597 g/mol. The third kappa shape index (κ3) is 5.75. The Bertz CT molecular complexity index is 944. The largest absolute Gasteiger partial charge is 0.394 e. The van der Waals surface area contributed by atoms with Crippen LogP contribution in [0.4, 0.5) is 0 Å². The molecular formula is C33H56O9. The first-order valence-electron chi connectivity index (χ1n) is 16.6. The predicted molar refractivity (Wildman–Crippen MR) is 155 cm³/mol. The molecule has 0 amide bonds. The van der Waals surface area contributed by atoms with Gasteiger partial charge in [-0.25, -0.2) is 0 Å². The molecule has 0 spiro atoms. The molecule has 16 unspecified atom stereocenters. The van der Waals surface area contributed by atoms with E-state index in [0.29, 0.717) is 36.5 Å². The topological polar surface area (TPSA) is 157 Å². The molecule has 16 atom stereocenters. The molecule has 242 valence electrons. The summed E-state index contributed by atoms with van der Waals surface area (Å²) in [5.41, 5.74) is 0.229. The quantitative estimate of drug-likeness (QED) is 0.235. The minimum atomic E-state index is -1.48. The molecule has 5 fully saturated rings. The maximum atomic E-state index is 13.5. The summed E-state index contributed by atoms with van der Waals surface area (Å²) in [5.74, 6) is 2.12. The van der Waals surface area contributed by atoms with Crippen molar-refractivity contribution in [3.05, 3.63) is 0 Å². The minimum Gasteiger partial charge on any atom is -0.394 e. The van der Waals surface area contributed by atoms with Crippen LogP contribution in [0.3, 0.4) is 0 Å². The maximum Gasteiger partial charge on any atom is 0.186 e. The predicted octanol–water partition coefficient (Wildman–Crippen LogP) is 2.42. The van der Waals surface area contributed by atoms with Crippen LogP contribution in [0.1, 0.15) is 91.9 Å². The molecule has 1 aliphatic heterocycles. The van der Waals surface area contributed by atoms with Crippen molar-refractivity contribution in [2.24, 2.45) is 52.3 Å². The van der Waals surface area contributed by atoms with Crippen LogP contribution in [0.5, 0.6) is 0 Å². The standard InChI is InChI=1S/C33H56O9/c1-17(16-41-31-30(40)29(39)28(38)26(15-34)42-31)5-8-24(36)18(2)27-25(37)14-23-21-7-6-19-13-20(35)9-11-32(19,3)22(21)10-12-33(23,27)4/h17-23,25-31,34-35,37-40H,5-16H2,1-4H3. The van der Waals surface area contributed by atoms with Gasteiger partial charge >= 0.3 is 0 Å². The van der Waals surface area contributed by atoms with E-state index in [-0.39, 0.29) is 47.1 Å². The highest BCUT2D eigenvalue weighted by molar-refractivity contribution is 5.81. The van der Waals surface area contributed by atoms with E-state index in [0.717, 1.165) is 38.5 Å². The van der Waals surface area contributed by atoms with E-state index in [2.05, 4.69) is 13.8 Å². The summed E-state index contributed by atoms with van der Waals surface area (Å²) >= 11 is 0. The lowest BCUT2D eigenvalue weighted by Gasteiger charge is -2.61. The summed E-state index contributed by atoms with van der Waals surface area (Å²) in [5, 5.41) is 61.3. The number of Topliss-reactive ketones (excluding diaryl/α,β-unsaturated/α-hetero) is 1. The van der Waals surface area contributed by atoms with Crippen LogP contribution in [0.25, 0.3) is 0 Å². The zero-order chi connectivity index (χ0) is 30.6. The first kappa shape index (κ1) is 32.7. The van der Waals surface area contributed by atoms with Gasteiger partial charge in [0, 0.05) is 12.3 Å². The molecule has 4 aliphatic carbocycles. The smallest absolute Gasteiger partial charge is 0.186 e. The highest BCUT2D eigenvalue weighted by Gasteiger charge is 2.63. The third-order valence-electron chi connectivity index (χ3n) is 13.1. The Morgan fingerprint density at radius 3 is 2.33 bits per heavy atom. The maximum absolute atomic E-state index is 13.5. The van der Waals surface area contributed by atoms with Gasteiger partial charge in [-0.2, -0.15) is 0 Å². The number of aliphatic hydroxyl groups is 6. The molecule has 6 N–H and O–H groups in total. The number of fused-ring (bicyclic) bond motifs is 5. The van der Waals surface area contributed by atoms with E-state index < -0.39 is 43.4 Å². The molecule has 1 heterocycles. The molecule has 9 heteroatoms. The van der Waals surface area contributed by atoms with Crippen molar-refractivity contribution in [3.8, 4) is 0 Å². The van der Waals surface area contributed by atoms with Crippen molar-refractivity contribution in [3.63, 3.8) is 0 Å².